The van der Waals surface area contributed by atoms with Crippen LogP contribution in [0, 0.1) is 29.1 Å². The van der Waals surface area contributed by atoms with Crippen LogP contribution in [0.15, 0.2) is 109 Å². The molecule has 1 aliphatic rings. The zero-order valence-corrected chi connectivity index (χ0v) is 52.7. The minimum absolute atomic E-state index is 0.0945. The second-order valence-electron chi connectivity index (χ2n) is 24.4. The largest absolute Gasteiger partial charge is 0.478 e. The molecule has 10 N–H and O–H groups in total. The van der Waals surface area contributed by atoms with E-state index in [1.54, 1.807) is 63.2 Å². The van der Waals surface area contributed by atoms with Gasteiger partial charge in [0.25, 0.3) is 0 Å². The number of urea groups is 1. The van der Waals surface area contributed by atoms with Crippen molar-refractivity contribution in [1.82, 2.24) is 36.8 Å². The first-order valence-electron chi connectivity index (χ1n) is 29.7. The predicted octanol–water partition coefficient (Wildman–Crippen LogP) is 7.15. The first kappa shape index (κ1) is 69.7. The Kier molecular flexibility index (Phi) is 25.4. The number of carboxylic acids is 1. The van der Waals surface area contributed by atoms with Gasteiger partial charge in [0.15, 0.2) is 0 Å². The predicted molar refractivity (Wildman–Crippen MR) is 338 cm³/mol. The molecular formula is C67H88N10O11. The van der Waals surface area contributed by atoms with Crippen LogP contribution in [0.1, 0.15) is 135 Å². The molecule has 0 aliphatic carbocycles. The van der Waals surface area contributed by atoms with E-state index in [4.69, 9.17) is 10.5 Å². The SMILES string of the molecule is CNC(C(=O)N[C@H](C(=O)N(C)[C@H](/C=C(\C)C(=O)O)C(C)C)C(C)(C)C)C(C)(C)c1ccc(CNC(=O)OCc2ccc(NC(=O)[C@H](CCCCNC(N)=O)NC(=O)[C@@H](NC(=O)CCC(=O)N3Cc4ccccc4C#Cc4ccccc43)C(C)C)cc2)cc1. The average molecular weight is 1210 g/mol. The van der Waals surface area contributed by atoms with Crippen LogP contribution in [0.4, 0.5) is 21.0 Å². The fourth-order valence-electron chi connectivity index (χ4n) is 10.2. The lowest BCUT2D eigenvalue weighted by Crippen LogP contribution is -2.61. The van der Waals surface area contributed by atoms with E-state index >= 15 is 0 Å². The number of nitrogens with one attached hydrogen (secondary N) is 7. The van der Waals surface area contributed by atoms with Crippen LogP contribution in [0.5, 0.6) is 0 Å². The van der Waals surface area contributed by atoms with Gasteiger partial charge in [-0.3, -0.25) is 28.8 Å². The molecule has 472 valence electrons. The topological polar surface area (TPSA) is 300 Å². The number of likely N-dealkylation sites (N-methyl/N-ethyl adjacent to an activating group) is 2. The quantitative estimate of drug-likeness (QED) is 0.0156. The number of carbonyl (C=O) groups excluding carboxylic acids is 8. The van der Waals surface area contributed by atoms with E-state index < -0.39 is 88.7 Å². The monoisotopic (exact) mass is 1210 g/mol. The Bertz CT molecular complexity index is 3230. The number of hydrogen-bond donors (Lipinski definition) is 9. The van der Waals surface area contributed by atoms with Gasteiger partial charge in [0.1, 0.15) is 24.7 Å². The molecule has 5 rings (SSSR count). The maximum atomic E-state index is 14.1. The number of nitrogens with zero attached hydrogens (tertiary/aromatic N) is 2. The highest BCUT2D eigenvalue weighted by Crippen LogP contribution is 2.31. The highest BCUT2D eigenvalue weighted by Gasteiger charge is 2.42. The van der Waals surface area contributed by atoms with Crippen LogP contribution in [0.25, 0.3) is 0 Å². The van der Waals surface area contributed by atoms with Gasteiger partial charge in [0.2, 0.25) is 35.4 Å². The first-order valence-corrected chi connectivity index (χ1v) is 29.7. The lowest BCUT2D eigenvalue weighted by Gasteiger charge is -2.40. The zero-order chi connectivity index (χ0) is 65.0. The normalized spacial score (nSPS) is 13.9. The van der Waals surface area contributed by atoms with Crippen molar-refractivity contribution in [2.75, 3.05) is 30.9 Å². The van der Waals surface area contributed by atoms with Gasteiger partial charge in [-0.05, 0) is 103 Å². The number of benzene rings is 4. The molecule has 0 saturated heterocycles. The molecule has 1 unspecified atom stereocenters. The van der Waals surface area contributed by atoms with Crippen molar-refractivity contribution in [2.24, 2.45) is 23.0 Å². The minimum atomic E-state index is -1.08. The summed E-state index contributed by atoms with van der Waals surface area (Å²) in [6, 6.07) is 23.9. The Hall–Kier alpha value is -9.03. The number of carboxylic acid groups (broad SMARTS) is 1. The van der Waals surface area contributed by atoms with Gasteiger partial charge in [-0.2, -0.15) is 0 Å². The second kappa shape index (κ2) is 32.1. The zero-order valence-electron chi connectivity index (χ0n) is 52.7. The summed E-state index contributed by atoms with van der Waals surface area (Å²) >= 11 is 0. The number of carbonyl (C=O) groups is 9. The van der Waals surface area contributed by atoms with Crippen molar-refractivity contribution in [1.29, 1.82) is 0 Å². The first-order chi connectivity index (χ1) is 41.5. The Balaban J connectivity index is 1.14. The number of amides is 9. The lowest BCUT2D eigenvalue weighted by atomic mass is 9.76. The third-order valence-electron chi connectivity index (χ3n) is 15.5. The molecule has 0 radical (unpaired) electrons. The van der Waals surface area contributed by atoms with E-state index in [2.05, 4.69) is 49.1 Å². The van der Waals surface area contributed by atoms with Crippen molar-refractivity contribution in [2.45, 2.75) is 157 Å². The number of ether oxygens (including phenoxy) is 1. The number of primary amides is 1. The average Bonchev–Trinajstić information content (AvgIpc) is 2.78. The summed E-state index contributed by atoms with van der Waals surface area (Å²) in [5.41, 5.74) is 9.43. The fraction of sp³-hybridized carbons (Fsp3) is 0.448. The van der Waals surface area contributed by atoms with Crippen molar-refractivity contribution in [3.05, 3.63) is 142 Å². The minimum Gasteiger partial charge on any atom is -0.478 e. The van der Waals surface area contributed by atoms with E-state index in [-0.39, 0.29) is 68.8 Å². The number of hydrogen-bond acceptors (Lipinski definition) is 11. The van der Waals surface area contributed by atoms with Crippen LogP contribution < -0.4 is 47.9 Å². The van der Waals surface area contributed by atoms with Crippen molar-refractivity contribution in [3.63, 3.8) is 0 Å². The molecule has 0 saturated carbocycles. The van der Waals surface area contributed by atoms with Crippen LogP contribution in [0.3, 0.4) is 0 Å². The molecule has 4 aromatic carbocycles. The number of alkyl carbamates (subject to hydrolysis) is 1. The number of fused-ring (bicyclic) bond motifs is 2. The molecule has 0 spiro atoms. The molecule has 0 bridgehead atoms. The Labute approximate surface area is 517 Å². The Morgan fingerprint density at radius 1 is 0.727 bits per heavy atom. The molecule has 0 fully saturated rings. The van der Waals surface area contributed by atoms with Gasteiger partial charge >= 0.3 is 18.1 Å². The molecule has 5 atom stereocenters. The Morgan fingerprint density at radius 2 is 1.35 bits per heavy atom. The third kappa shape index (κ3) is 20.0. The maximum absolute atomic E-state index is 14.1. The van der Waals surface area contributed by atoms with Crippen molar-refractivity contribution in [3.8, 4) is 11.8 Å². The van der Waals surface area contributed by atoms with Crippen LogP contribution in [0.2, 0.25) is 0 Å². The second-order valence-corrected chi connectivity index (χ2v) is 24.4. The summed E-state index contributed by atoms with van der Waals surface area (Å²) in [7, 11) is 3.29. The van der Waals surface area contributed by atoms with Crippen molar-refractivity contribution < 1.29 is 53.0 Å². The molecular weight excluding hydrogens is 1120 g/mol. The maximum Gasteiger partial charge on any atom is 0.407 e. The van der Waals surface area contributed by atoms with Crippen LogP contribution in [-0.4, -0.2) is 114 Å². The van der Waals surface area contributed by atoms with Crippen LogP contribution >= 0.6 is 0 Å². The number of nitrogens with two attached hydrogens (primary N) is 1. The number of unbranched alkanes of at least 4 members (excludes halogenated alkanes) is 1. The highest BCUT2D eigenvalue weighted by molar-refractivity contribution is 6.00. The van der Waals surface area contributed by atoms with Gasteiger partial charge in [0.05, 0.1) is 24.3 Å². The molecule has 1 heterocycles. The van der Waals surface area contributed by atoms with E-state index in [9.17, 15) is 48.3 Å². The molecule has 4 aromatic rings. The number of para-hydroxylation sites is 1. The summed E-state index contributed by atoms with van der Waals surface area (Å²) in [6.07, 6.45) is 1.58. The molecule has 1 aliphatic heterocycles. The number of anilines is 2. The summed E-state index contributed by atoms with van der Waals surface area (Å²) in [6.45, 7) is 18.7. The number of rotatable bonds is 28. The Morgan fingerprint density at radius 3 is 1.97 bits per heavy atom. The third-order valence-corrected chi connectivity index (χ3v) is 15.5. The molecule has 21 nitrogen and oxygen atoms in total. The van der Waals surface area contributed by atoms with E-state index in [0.717, 1.165) is 22.3 Å². The van der Waals surface area contributed by atoms with E-state index in [0.29, 0.717) is 35.3 Å². The molecule has 9 amide bonds. The molecule has 21 heteroatoms. The van der Waals surface area contributed by atoms with Crippen LogP contribution in [-0.2, 0) is 63.4 Å². The van der Waals surface area contributed by atoms with Gasteiger partial charge < -0.3 is 62.6 Å². The van der Waals surface area contributed by atoms with E-state index in [1.165, 1.54) is 11.8 Å². The van der Waals surface area contributed by atoms with Gasteiger partial charge in [-0.25, -0.2) is 14.4 Å². The molecule has 88 heavy (non-hydrogen) atoms. The summed E-state index contributed by atoms with van der Waals surface area (Å²) < 4.78 is 5.50. The molecule has 0 aromatic heterocycles. The number of aliphatic carboxylic acids is 1. The van der Waals surface area contributed by atoms with Gasteiger partial charge in [0, 0.05) is 60.8 Å². The summed E-state index contributed by atoms with van der Waals surface area (Å²) in [5, 5.41) is 29.4. The standard InChI is InChI=1S/C67H88N10O11/c1-41(2)53(37-43(5)63(84)85)76(12)62(83)58(66(6,7)8)75-61(82)57(69-11)67(9,10)49-30-24-44(25-31-49)38-71-65(87)88-40-45-26-32-50(33-27-45)72-59(80)51(22-17-18-36-70-64(68)86)73-60(81)56(42(3)4)74-54(78)34-35-55(79)77-39-48-21-14-13-19-46(48)28-29-47-20-15-16-23-52(47)77/h13-16,19-21,23-27,30-33,37,41-42,51,53,56-58,69H,17-18,22,34-36,38-40H2,1-12H3,(H,71,87)(H,72,80)(H,73,81)(H,74,78)(H,75,82)(H,84,85)(H3,68,70,86)/b43-37+/t51-,53+,56-,57?,58+/m0/s1. The smallest absolute Gasteiger partial charge is 0.407 e. The van der Waals surface area contributed by atoms with Crippen molar-refractivity contribution >= 4 is 64.9 Å². The van der Waals surface area contributed by atoms with Gasteiger partial charge in [-0.1, -0.05) is 147 Å². The summed E-state index contributed by atoms with van der Waals surface area (Å²) in [5.74, 6) is 2.08. The fourth-order valence-corrected chi connectivity index (χ4v) is 10.2. The highest BCUT2D eigenvalue weighted by atomic mass is 16.5. The lowest BCUT2D eigenvalue weighted by molar-refractivity contribution is -0.141. The summed E-state index contributed by atoms with van der Waals surface area (Å²) in [4.78, 5) is 122. The van der Waals surface area contributed by atoms with Gasteiger partial charge in [-0.15, -0.1) is 0 Å². The van der Waals surface area contributed by atoms with E-state index in [1.807, 2.05) is 121 Å².